The second-order valence-electron chi connectivity index (χ2n) is 2.48. The topological polar surface area (TPSA) is 78.4 Å². The van der Waals surface area contributed by atoms with E-state index in [1.165, 1.54) is 6.92 Å². The number of carboxylic acid groups (broad SMARTS) is 1. The van der Waals surface area contributed by atoms with E-state index >= 15 is 0 Å². The smallest absolute Gasteiger partial charge is 0.325 e. The molecular weight excluding hydrogens is 160 g/mol. The largest absolute Gasteiger partial charge is 0.480 e. The Morgan fingerprint density at radius 2 is 2.08 bits per heavy atom. The lowest BCUT2D eigenvalue weighted by Gasteiger charge is -2.08. The van der Waals surface area contributed by atoms with Crippen molar-refractivity contribution in [2.75, 3.05) is 13.6 Å². The van der Waals surface area contributed by atoms with Crippen LogP contribution >= 0.6 is 0 Å². The molecule has 0 aliphatic heterocycles. The lowest BCUT2D eigenvalue weighted by atomic mass is 10.3. The Balaban J connectivity index is 3.61. The molecule has 3 N–H and O–H groups in total. The van der Waals surface area contributed by atoms with E-state index in [9.17, 15) is 9.59 Å². The predicted molar refractivity (Wildman–Crippen MR) is 43.8 cm³/mol. The quantitative estimate of drug-likeness (QED) is 0.509. The first-order valence-electron chi connectivity index (χ1n) is 3.74. The van der Waals surface area contributed by atoms with Crippen molar-refractivity contribution in [1.29, 1.82) is 0 Å². The van der Waals surface area contributed by atoms with Gasteiger partial charge in [0.05, 0.1) is 0 Å². The molecule has 0 spiro atoms. The van der Waals surface area contributed by atoms with Crippen molar-refractivity contribution < 1.29 is 14.7 Å². The Bertz CT molecular complexity index is 170. The standard InChI is InChI=1S/C7H14N2O3/c1-5(7(11)12)9-6(10)3-4-8-2/h5,8H,3-4H2,1-2H3,(H,9,10)(H,11,12)/t5-/m1/s1. The maximum absolute atomic E-state index is 10.9. The summed E-state index contributed by atoms with van der Waals surface area (Å²) in [6, 6.07) is -0.811. The number of nitrogens with one attached hydrogen (secondary N) is 2. The van der Waals surface area contributed by atoms with Crippen molar-refractivity contribution in [2.45, 2.75) is 19.4 Å². The zero-order valence-corrected chi connectivity index (χ0v) is 7.26. The molecule has 0 bridgehead atoms. The van der Waals surface area contributed by atoms with Crippen LogP contribution in [0.5, 0.6) is 0 Å². The Labute approximate surface area is 71.1 Å². The number of amides is 1. The fourth-order valence-corrected chi connectivity index (χ4v) is 0.614. The molecule has 0 heterocycles. The molecule has 0 rings (SSSR count). The first-order valence-corrected chi connectivity index (χ1v) is 3.74. The zero-order chi connectivity index (χ0) is 9.56. The normalized spacial score (nSPS) is 12.2. The van der Waals surface area contributed by atoms with Crippen LogP contribution in [0.4, 0.5) is 0 Å². The number of hydrogen-bond acceptors (Lipinski definition) is 3. The maximum Gasteiger partial charge on any atom is 0.325 e. The van der Waals surface area contributed by atoms with Crippen molar-refractivity contribution in [3.63, 3.8) is 0 Å². The van der Waals surface area contributed by atoms with Crippen LogP contribution in [0.3, 0.4) is 0 Å². The van der Waals surface area contributed by atoms with E-state index in [-0.39, 0.29) is 5.91 Å². The van der Waals surface area contributed by atoms with Gasteiger partial charge in [-0.05, 0) is 14.0 Å². The van der Waals surface area contributed by atoms with Gasteiger partial charge in [0.1, 0.15) is 6.04 Å². The highest BCUT2D eigenvalue weighted by Gasteiger charge is 2.12. The van der Waals surface area contributed by atoms with Crippen LogP contribution in [-0.4, -0.2) is 36.6 Å². The van der Waals surface area contributed by atoms with Gasteiger partial charge in [0.2, 0.25) is 5.91 Å². The predicted octanol–water partition coefficient (Wildman–Crippen LogP) is -0.815. The van der Waals surface area contributed by atoms with Crippen LogP contribution in [0.1, 0.15) is 13.3 Å². The molecule has 0 aliphatic carbocycles. The molecule has 0 saturated heterocycles. The molecule has 0 unspecified atom stereocenters. The molecule has 12 heavy (non-hydrogen) atoms. The number of hydrogen-bond donors (Lipinski definition) is 3. The van der Waals surface area contributed by atoms with E-state index in [2.05, 4.69) is 10.6 Å². The molecule has 5 nitrogen and oxygen atoms in total. The average molecular weight is 174 g/mol. The minimum absolute atomic E-state index is 0.251. The summed E-state index contributed by atoms with van der Waals surface area (Å²) in [7, 11) is 1.73. The van der Waals surface area contributed by atoms with Crippen LogP contribution in [0.25, 0.3) is 0 Å². The monoisotopic (exact) mass is 174 g/mol. The van der Waals surface area contributed by atoms with Crippen LogP contribution in [0, 0.1) is 0 Å². The lowest BCUT2D eigenvalue weighted by molar-refractivity contribution is -0.141. The van der Waals surface area contributed by atoms with Crippen molar-refractivity contribution >= 4 is 11.9 Å². The number of rotatable bonds is 5. The van der Waals surface area contributed by atoms with Gasteiger partial charge in [0.25, 0.3) is 0 Å². The molecule has 0 fully saturated rings. The Hall–Kier alpha value is -1.10. The van der Waals surface area contributed by atoms with Gasteiger partial charge in [-0.3, -0.25) is 9.59 Å². The van der Waals surface area contributed by atoms with E-state index in [4.69, 9.17) is 5.11 Å². The highest BCUT2D eigenvalue weighted by Crippen LogP contribution is 1.83. The van der Waals surface area contributed by atoms with Gasteiger partial charge in [-0.1, -0.05) is 0 Å². The molecule has 70 valence electrons. The van der Waals surface area contributed by atoms with Crippen LogP contribution < -0.4 is 10.6 Å². The number of carbonyl (C=O) groups excluding carboxylic acids is 1. The van der Waals surface area contributed by atoms with Crippen molar-refractivity contribution in [3.05, 3.63) is 0 Å². The molecule has 0 aromatic rings. The fourth-order valence-electron chi connectivity index (χ4n) is 0.614. The summed E-state index contributed by atoms with van der Waals surface area (Å²) in [5.41, 5.74) is 0. The third-order valence-corrected chi connectivity index (χ3v) is 1.35. The van der Waals surface area contributed by atoms with Crippen molar-refractivity contribution in [1.82, 2.24) is 10.6 Å². The lowest BCUT2D eigenvalue weighted by Crippen LogP contribution is -2.39. The van der Waals surface area contributed by atoms with Crippen LogP contribution in [-0.2, 0) is 9.59 Å². The third-order valence-electron chi connectivity index (χ3n) is 1.35. The number of carbonyl (C=O) groups is 2. The van der Waals surface area contributed by atoms with E-state index in [0.717, 1.165) is 0 Å². The van der Waals surface area contributed by atoms with Crippen LogP contribution in [0.2, 0.25) is 0 Å². The van der Waals surface area contributed by atoms with Gasteiger partial charge >= 0.3 is 5.97 Å². The molecular formula is C7H14N2O3. The molecule has 0 aromatic carbocycles. The Kier molecular flexibility index (Phi) is 5.03. The maximum atomic E-state index is 10.9. The summed E-state index contributed by atoms with van der Waals surface area (Å²) in [4.78, 5) is 21.2. The highest BCUT2D eigenvalue weighted by atomic mass is 16.4. The molecule has 0 aromatic heterocycles. The van der Waals surface area contributed by atoms with Gasteiger partial charge < -0.3 is 15.7 Å². The molecule has 5 heteroatoms. The Morgan fingerprint density at radius 3 is 2.50 bits per heavy atom. The van der Waals surface area contributed by atoms with Gasteiger partial charge in [-0.15, -0.1) is 0 Å². The minimum atomic E-state index is -1.02. The average Bonchev–Trinajstić information content (AvgIpc) is 2.00. The van der Waals surface area contributed by atoms with E-state index in [1.807, 2.05) is 0 Å². The molecule has 0 saturated carbocycles. The summed E-state index contributed by atoms with van der Waals surface area (Å²) in [5.74, 6) is -1.27. The van der Waals surface area contributed by atoms with Gasteiger partial charge in [-0.2, -0.15) is 0 Å². The van der Waals surface area contributed by atoms with Gasteiger partial charge in [-0.25, -0.2) is 0 Å². The minimum Gasteiger partial charge on any atom is -0.480 e. The second kappa shape index (κ2) is 5.54. The van der Waals surface area contributed by atoms with Crippen molar-refractivity contribution in [3.8, 4) is 0 Å². The summed E-state index contributed by atoms with van der Waals surface area (Å²) >= 11 is 0. The first-order chi connectivity index (χ1) is 5.57. The van der Waals surface area contributed by atoms with Gasteiger partial charge in [0, 0.05) is 13.0 Å². The second-order valence-corrected chi connectivity index (χ2v) is 2.48. The molecule has 0 aliphatic rings. The van der Waals surface area contributed by atoms with Crippen molar-refractivity contribution in [2.24, 2.45) is 0 Å². The zero-order valence-electron chi connectivity index (χ0n) is 7.26. The third kappa shape index (κ3) is 4.68. The highest BCUT2D eigenvalue weighted by molar-refractivity contribution is 5.83. The van der Waals surface area contributed by atoms with E-state index in [1.54, 1.807) is 7.05 Å². The summed E-state index contributed by atoms with van der Waals surface area (Å²) in [6.07, 6.45) is 0.300. The van der Waals surface area contributed by atoms with Crippen LogP contribution in [0.15, 0.2) is 0 Å². The molecule has 0 radical (unpaired) electrons. The first kappa shape index (κ1) is 10.9. The van der Waals surface area contributed by atoms with E-state index < -0.39 is 12.0 Å². The number of carboxylic acids is 1. The number of aliphatic carboxylic acids is 1. The summed E-state index contributed by atoms with van der Waals surface area (Å²) < 4.78 is 0. The molecule has 1 amide bonds. The molecule has 1 atom stereocenters. The summed E-state index contributed by atoms with van der Waals surface area (Å²) in [5, 5.41) is 13.6. The van der Waals surface area contributed by atoms with Gasteiger partial charge in [0.15, 0.2) is 0 Å². The SMILES string of the molecule is CNCCC(=O)N[C@H](C)C(=O)O. The fraction of sp³-hybridized carbons (Fsp3) is 0.714. The Morgan fingerprint density at radius 1 is 1.50 bits per heavy atom. The summed E-state index contributed by atoms with van der Waals surface area (Å²) in [6.45, 7) is 1.98. The van der Waals surface area contributed by atoms with E-state index in [0.29, 0.717) is 13.0 Å².